The van der Waals surface area contributed by atoms with Gasteiger partial charge in [0.25, 0.3) is 0 Å². The van der Waals surface area contributed by atoms with Crippen molar-refractivity contribution in [2.75, 3.05) is 0 Å². The Kier molecular flexibility index (Phi) is 3.92. The van der Waals surface area contributed by atoms with E-state index in [1.807, 2.05) is 42.6 Å². The van der Waals surface area contributed by atoms with Crippen LogP contribution in [0.25, 0.3) is 6.08 Å². The average Bonchev–Trinajstić information content (AvgIpc) is 2.73. The van der Waals surface area contributed by atoms with Gasteiger partial charge in [-0.1, -0.05) is 15.9 Å². The number of carbonyl (C=O) groups is 1. The van der Waals surface area contributed by atoms with Crippen molar-refractivity contribution in [1.29, 1.82) is 0 Å². The Hall–Kier alpha value is -1.19. The Morgan fingerprint density at radius 1 is 1.24 bits per heavy atom. The summed E-state index contributed by atoms with van der Waals surface area (Å²) in [5, 5.41) is 2.03. The number of ketones is 1. The molecule has 3 heteroatoms. The Labute approximate surface area is 113 Å². The fourth-order valence-electron chi connectivity index (χ4n) is 1.42. The predicted molar refractivity (Wildman–Crippen MR) is 76.6 cm³/mol. The lowest BCUT2D eigenvalue weighted by Crippen LogP contribution is -1.92. The third-order valence-corrected chi connectivity index (χ3v) is 3.93. The second kappa shape index (κ2) is 5.43. The van der Waals surface area contributed by atoms with Gasteiger partial charge in [0.15, 0.2) is 5.78 Å². The molecule has 0 aliphatic heterocycles. The summed E-state index contributed by atoms with van der Waals surface area (Å²) in [4.78, 5) is 13.0. The van der Waals surface area contributed by atoms with Gasteiger partial charge in [-0.3, -0.25) is 4.79 Å². The van der Waals surface area contributed by atoms with E-state index in [0.29, 0.717) is 5.56 Å². The van der Waals surface area contributed by atoms with Crippen LogP contribution in [0.2, 0.25) is 0 Å². The van der Waals surface area contributed by atoms with E-state index in [1.54, 1.807) is 17.4 Å². The molecule has 1 heterocycles. The molecule has 2 aromatic rings. The van der Waals surface area contributed by atoms with Crippen molar-refractivity contribution in [2.24, 2.45) is 0 Å². The Balaban J connectivity index is 2.14. The molecular formula is C14H11BrOS. The normalized spacial score (nSPS) is 10.9. The number of rotatable bonds is 3. The summed E-state index contributed by atoms with van der Waals surface area (Å²) in [7, 11) is 0. The molecule has 0 aliphatic carbocycles. The first-order chi connectivity index (χ1) is 8.16. The first-order valence-electron chi connectivity index (χ1n) is 5.19. The molecule has 0 saturated carbocycles. The number of carbonyl (C=O) groups excluding carboxylic acids is 1. The maximum Gasteiger partial charge on any atom is 0.185 e. The summed E-state index contributed by atoms with van der Waals surface area (Å²) in [5.74, 6) is 0.0327. The molecule has 0 radical (unpaired) electrons. The van der Waals surface area contributed by atoms with Gasteiger partial charge < -0.3 is 0 Å². The Morgan fingerprint density at radius 3 is 2.53 bits per heavy atom. The Morgan fingerprint density at radius 2 is 1.94 bits per heavy atom. The Bertz CT molecular complexity index is 552. The monoisotopic (exact) mass is 306 g/mol. The summed E-state index contributed by atoms with van der Waals surface area (Å²) in [6, 6.07) is 9.43. The van der Waals surface area contributed by atoms with Gasteiger partial charge >= 0.3 is 0 Å². The van der Waals surface area contributed by atoms with E-state index in [-0.39, 0.29) is 5.78 Å². The minimum Gasteiger partial charge on any atom is -0.289 e. The zero-order valence-electron chi connectivity index (χ0n) is 9.31. The number of benzene rings is 1. The first kappa shape index (κ1) is 12.3. The van der Waals surface area contributed by atoms with E-state index in [2.05, 4.69) is 22.0 Å². The summed E-state index contributed by atoms with van der Waals surface area (Å²) >= 11 is 4.99. The fourth-order valence-corrected chi connectivity index (χ4v) is 2.50. The van der Waals surface area contributed by atoms with Gasteiger partial charge in [-0.05, 0) is 60.4 Å². The predicted octanol–water partition coefficient (Wildman–Crippen LogP) is 4.72. The zero-order chi connectivity index (χ0) is 12.3. The van der Waals surface area contributed by atoms with Crippen LogP contribution in [0.1, 0.15) is 20.8 Å². The number of halogens is 1. The molecule has 0 saturated heterocycles. The molecule has 0 bridgehead atoms. The summed E-state index contributed by atoms with van der Waals surface area (Å²) in [6.07, 6.45) is 3.51. The van der Waals surface area contributed by atoms with E-state index >= 15 is 0 Å². The fraction of sp³-hybridized carbons (Fsp3) is 0.0714. The minimum atomic E-state index is 0.0327. The SMILES string of the molecule is Cc1ccsc1/C=C/C(=O)c1ccc(Br)cc1. The first-order valence-corrected chi connectivity index (χ1v) is 6.86. The van der Waals surface area contributed by atoms with Crippen molar-refractivity contribution in [3.05, 3.63) is 62.3 Å². The van der Waals surface area contributed by atoms with Gasteiger partial charge in [0.05, 0.1) is 0 Å². The minimum absolute atomic E-state index is 0.0327. The van der Waals surface area contributed by atoms with E-state index in [4.69, 9.17) is 0 Å². The smallest absolute Gasteiger partial charge is 0.185 e. The highest BCUT2D eigenvalue weighted by Crippen LogP contribution is 2.18. The molecule has 0 amide bonds. The topological polar surface area (TPSA) is 17.1 Å². The highest BCUT2D eigenvalue weighted by Gasteiger charge is 2.01. The van der Waals surface area contributed by atoms with Crippen LogP contribution < -0.4 is 0 Å². The lowest BCUT2D eigenvalue weighted by molar-refractivity contribution is 0.104. The summed E-state index contributed by atoms with van der Waals surface area (Å²) < 4.78 is 0.979. The van der Waals surface area contributed by atoms with Gasteiger partial charge in [0, 0.05) is 14.9 Å². The second-order valence-electron chi connectivity index (χ2n) is 3.67. The van der Waals surface area contributed by atoms with Crippen molar-refractivity contribution in [2.45, 2.75) is 6.92 Å². The van der Waals surface area contributed by atoms with Crippen LogP contribution >= 0.6 is 27.3 Å². The third kappa shape index (κ3) is 3.14. The van der Waals surface area contributed by atoms with Crippen molar-refractivity contribution in [3.63, 3.8) is 0 Å². The van der Waals surface area contributed by atoms with Gasteiger partial charge in [0.1, 0.15) is 0 Å². The van der Waals surface area contributed by atoms with Crippen molar-refractivity contribution in [3.8, 4) is 0 Å². The van der Waals surface area contributed by atoms with Crippen molar-refractivity contribution in [1.82, 2.24) is 0 Å². The van der Waals surface area contributed by atoms with Crippen LogP contribution in [-0.2, 0) is 0 Å². The van der Waals surface area contributed by atoms with Crippen molar-refractivity contribution < 1.29 is 4.79 Å². The molecule has 0 fully saturated rings. The van der Waals surface area contributed by atoms with Crippen LogP contribution in [-0.4, -0.2) is 5.78 Å². The second-order valence-corrected chi connectivity index (χ2v) is 5.54. The molecule has 0 N–H and O–H groups in total. The molecule has 0 unspecified atom stereocenters. The quantitative estimate of drug-likeness (QED) is 0.592. The maximum absolute atomic E-state index is 11.9. The van der Waals surface area contributed by atoms with Gasteiger partial charge in [-0.15, -0.1) is 11.3 Å². The van der Waals surface area contributed by atoms with Gasteiger partial charge in [0.2, 0.25) is 0 Å². The van der Waals surface area contributed by atoms with E-state index in [0.717, 1.165) is 9.35 Å². The number of allylic oxidation sites excluding steroid dienone is 1. The summed E-state index contributed by atoms with van der Waals surface area (Å²) in [6.45, 7) is 2.04. The lowest BCUT2D eigenvalue weighted by atomic mass is 10.1. The maximum atomic E-state index is 11.9. The van der Waals surface area contributed by atoms with Crippen LogP contribution in [0.15, 0.2) is 46.3 Å². The number of hydrogen-bond donors (Lipinski definition) is 0. The van der Waals surface area contributed by atoms with Gasteiger partial charge in [-0.2, -0.15) is 0 Å². The largest absolute Gasteiger partial charge is 0.289 e. The molecule has 86 valence electrons. The average molecular weight is 307 g/mol. The molecule has 0 atom stereocenters. The zero-order valence-corrected chi connectivity index (χ0v) is 11.7. The number of aryl methyl sites for hydroxylation is 1. The molecule has 1 aromatic carbocycles. The van der Waals surface area contributed by atoms with Gasteiger partial charge in [-0.25, -0.2) is 0 Å². The highest BCUT2D eigenvalue weighted by molar-refractivity contribution is 9.10. The third-order valence-electron chi connectivity index (χ3n) is 2.42. The molecule has 1 aromatic heterocycles. The highest BCUT2D eigenvalue weighted by atomic mass is 79.9. The van der Waals surface area contributed by atoms with E-state index < -0.39 is 0 Å². The van der Waals surface area contributed by atoms with Crippen LogP contribution in [0.3, 0.4) is 0 Å². The molecule has 1 nitrogen and oxygen atoms in total. The van der Waals surface area contributed by atoms with Crippen LogP contribution in [0.5, 0.6) is 0 Å². The lowest BCUT2D eigenvalue weighted by Gasteiger charge is -1.95. The van der Waals surface area contributed by atoms with Crippen LogP contribution in [0.4, 0.5) is 0 Å². The molecular weight excluding hydrogens is 296 g/mol. The molecule has 0 aliphatic rings. The number of hydrogen-bond acceptors (Lipinski definition) is 2. The number of thiophene rings is 1. The molecule has 17 heavy (non-hydrogen) atoms. The standard InChI is InChI=1S/C14H11BrOS/c1-10-8-9-17-14(10)7-6-13(16)11-2-4-12(15)5-3-11/h2-9H,1H3/b7-6+. The van der Waals surface area contributed by atoms with E-state index in [1.165, 1.54) is 5.56 Å². The molecule has 0 spiro atoms. The van der Waals surface area contributed by atoms with Crippen LogP contribution in [0, 0.1) is 6.92 Å². The van der Waals surface area contributed by atoms with E-state index in [9.17, 15) is 4.79 Å². The summed E-state index contributed by atoms with van der Waals surface area (Å²) in [5.41, 5.74) is 1.91. The van der Waals surface area contributed by atoms with Crippen molar-refractivity contribution >= 4 is 39.1 Å². The molecule has 2 rings (SSSR count).